The smallest absolute Gasteiger partial charge is 0.184 e. The minimum atomic E-state index is -0.361. The molecule has 0 fully saturated rings. The van der Waals surface area contributed by atoms with Crippen LogP contribution in [0.15, 0.2) is 47.2 Å². The molecule has 4 nitrogen and oxygen atoms in total. The number of aromatic nitrogens is 2. The van der Waals surface area contributed by atoms with E-state index in [1.54, 1.807) is 36.7 Å². The van der Waals surface area contributed by atoms with Gasteiger partial charge >= 0.3 is 0 Å². The van der Waals surface area contributed by atoms with E-state index in [0.717, 1.165) is 5.69 Å². The van der Waals surface area contributed by atoms with Crippen molar-refractivity contribution in [2.45, 2.75) is 0 Å². The molecule has 1 aromatic carbocycles. The molecule has 0 aliphatic carbocycles. The fourth-order valence-corrected chi connectivity index (χ4v) is 1.61. The first-order valence-electron chi connectivity index (χ1n) is 5.05. The first kappa shape index (κ1) is 9.77. The van der Waals surface area contributed by atoms with Crippen molar-refractivity contribution < 1.29 is 8.91 Å². The molecular weight excluding hydrogens is 221 g/mol. The Morgan fingerprint density at radius 1 is 1.12 bits per heavy atom. The molecule has 0 saturated heterocycles. The third-order valence-corrected chi connectivity index (χ3v) is 2.39. The second kappa shape index (κ2) is 3.86. The Kier molecular flexibility index (Phi) is 2.22. The summed E-state index contributed by atoms with van der Waals surface area (Å²) in [5.41, 5.74) is 1.19. The largest absolute Gasteiger partial charge is 0.354 e. The number of nitrogens with zero attached hydrogens (tertiary/aromatic N) is 2. The van der Waals surface area contributed by atoms with Crippen LogP contribution < -0.4 is 5.32 Å². The van der Waals surface area contributed by atoms with Crippen molar-refractivity contribution in [3.05, 3.63) is 48.5 Å². The van der Waals surface area contributed by atoms with Crippen LogP contribution >= 0.6 is 0 Å². The Labute approximate surface area is 96.1 Å². The van der Waals surface area contributed by atoms with Gasteiger partial charge in [-0.15, -0.1) is 0 Å². The molecule has 0 amide bonds. The van der Waals surface area contributed by atoms with Gasteiger partial charge in [-0.1, -0.05) is 11.2 Å². The molecule has 0 spiro atoms. The van der Waals surface area contributed by atoms with Crippen LogP contribution in [0.1, 0.15) is 0 Å². The SMILES string of the molecule is Fc1cccc2onc(Nc3ccncc3)c12. The Hall–Kier alpha value is -2.43. The summed E-state index contributed by atoms with van der Waals surface area (Å²) in [5.74, 6) is 0.00426. The maximum Gasteiger partial charge on any atom is 0.184 e. The van der Waals surface area contributed by atoms with E-state index in [9.17, 15) is 4.39 Å². The van der Waals surface area contributed by atoms with E-state index in [2.05, 4.69) is 15.5 Å². The highest BCUT2D eigenvalue weighted by Crippen LogP contribution is 2.27. The second-order valence-corrected chi connectivity index (χ2v) is 3.51. The summed E-state index contributed by atoms with van der Waals surface area (Å²) in [7, 11) is 0. The summed E-state index contributed by atoms with van der Waals surface area (Å²) in [6.07, 6.45) is 3.28. The number of hydrogen-bond donors (Lipinski definition) is 1. The van der Waals surface area contributed by atoms with Gasteiger partial charge in [0, 0.05) is 18.1 Å². The lowest BCUT2D eigenvalue weighted by molar-refractivity contribution is 0.460. The van der Waals surface area contributed by atoms with Crippen LogP contribution in [0.5, 0.6) is 0 Å². The molecule has 3 rings (SSSR count). The van der Waals surface area contributed by atoms with E-state index in [0.29, 0.717) is 16.8 Å². The second-order valence-electron chi connectivity index (χ2n) is 3.51. The van der Waals surface area contributed by atoms with Crippen molar-refractivity contribution in [3.63, 3.8) is 0 Å². The van der Waals surface area contributed by atoms with E-state index in [-0.39, 0.29) is 5.82 Å². The molecule has 2 heterocycles. The van der Waals surface area contributed by atoms with Gasteiger partial charge in [-0.2, -0.15) is 0 Å². The van der Waals surface area contributed by atoms with Gasteiger partial charge in [-0.3, -0.25) is 4.98 Å². The van der Waals surface area contributed by atoms with Crippen LogP contribution in [0.4, 0.5) is 15.9 Å². The molecule has 0 saturated carbocycles. The quantitative estimate of drug-likeness (QED) is 0.733. The number of hydrogen-bond acceptors (Lipinski definition) is 4. The number of nitrogens with one attached hydrogen (secondary N) is 1. The van der Waals surface area contributed by atoms with E-state index in [1.165, 1.54) is 6.07 Å². The van der Waals surface area contributed by atoms with Gasteiger partial charge < -0.3 is 9.84 Å². The number of benzene rings is 1. The van der Waals surface area contributed by atoms with Gasteiger partial charge in [0.2, 0.25) is 0 Å². The lowest BCUT2D eigenvalue weighted by Crippen LogP contribution is -1.91. The third-order valence-electron chi connectivity index (χ3n) is 2.39. The van der Waals surface area contributed by atoms with Crippen LogP contribution in [0.3, 0.4) is 0 Å². The van der Waals surface area contributed by atoms with E-state index in [1.807, 2.05) is 0 Å². The first-order valence-corrected chi connectivity index (χ1v) is 5.05. The Morgan fingerprint density at radius 2 is 1.94 bits per heavy atom. The van der Waals surface area contributed by atoms with Gasteiger partial charge in [-0.25, -0.2) is 4.39 Å². The Bertz CT molecular complexity index is 651. The van der Waals surface area contributed by atoms with E-state index < -0.39 is 0 Å². The summed E-state index contributed by atoms with van der Waals surface area (Å²) in [6.45, 7) is 0. The van der Waals surface area contributed by atoms with E-state index in [4.69, 9.17) is 4.52 Å². The van der Waals surface area contributed by atoms with Crippen LogP contribution in [-0.2, 0) is 0 Å². The topological polar surface area (TPSA) is 51.0 Å². The van der Waals surface area contributed by atoms with Gasteiger partial charge in [-0.05, 0) is 24.3 Å². The number of anilines is 2. The molecule has 0 unspecified atom stereocenters. The fourth-order valence-electron chi connectivity index (χ4n) is 1.61. The molecule has 0 aliphatic heterocycles. The zero-order valence-electron chi connectivity index (χ0n) is 8.72. The highest BCUT2D eigenvalue weighted by atomic mass is 19.1. The number of fused-ring (bicyclic) bond motifs is 1. The van der Waals surface area contributed by atoms with Crippen molar-refractivity contribution in [2.24, 2.45) is 0 Å². The van der Waals surface area contributed by atoms with Crippen molar-refractivity contribution in [3.8, 4) is 0 Å². The molecular formula is C12H8FN3O. The number of pyridine rings is 1. The molecule has 84 valence electrons. The predicted octanol–water partition coefficient (Wildman–Crippen LogP) is 3.11. The van der Waals surface area contributed by atoms with Gasteiger partial charge in [0.05, 0.1) is 0 Å². The van der Waals surface area contributed by atoms with Crippen molar-refractivity contribution >= 4 is 22.5 Å². The summed E-state index contributed by atoms with van der Waals surface area (Å²) in [6, 6.07) is 8.15. The average Bonchev–Trinajstić information content (AvgIpc) is 2.75. The molecule has 5 heteroatoms. The predicted molar refractivity (Wildman–Crippen MR) is 61.5 cm³/mol. The molecule has 17 heavy (non-hydrogen) atoms. The normalized spacial score (nSPS) is 10.6. The van der Waals surface area contributed by atoms with E-state index >= 15 is 0 Å². The molecule has 1 N–H and O–H groups in total. The molecule has 0 radical (unpaired) electrons. The molecule has 0 aliphatic rings. The summed E-state index contributed by atoms with van der Waals surface area (Å²) >= 11 is 0. The van der Waals surface area contributed by atoms with Crippen molar-refractivity contribution in [1.82, 2.24) is 10.1 Å². The molecule has 0 atom stereocenters. The highest BCUT2D eigenvalue weighted by Gasteiger charge is 2.12. The zero-order valence-corrected chi connectivity index (χ0v) is 8.72. The maximum atomic E-state index is 13.6. The Balaban J connectivity index is 2.07. The maximum absolute atomic E-state index is 13.6. The summed E-state index contributed by atoms with van der Waals surface area (Å²) < 4.78 is 18.7. The monoisotopic (exact) mass is 229 g/mol. The van der Waals surface area contributed by atoms with Crippen LogP contribution in [0, 0.1) is 5.82 Å². The minimum absolute atomic E-state index is 0.351. The lowest BCUT2D eigenvalue weighted by Gasteiger charge is -2.01. The van der Waals surface area contributed by atoms with Gasteiger partial charge in [0.25, 0.3) is 0 Å². The molecule has 2 aromatic heterocycles. The van der Waals surface area contributed by atoms with Crippen molar-refractivity contribution in [2.75, 3.05) is 5.32 Å². The summed E-state index contributed by atoms with van der Waals surface area (Å²) in [4.78, 5) is 3.90. The number of halogens is 1. The molecule has 3 aromatic rings. The Morgan fingerprint density at radius 3 is 2.76 bits per heavy atom. The lowest BCUT2D eigenvalue weighted by atomic mass is 10.2. The highest BCUT2D eigenvalue weighted by molar-refractivity contribution is 5.90. The van der Waals surface area contributed by atoms with Gasteiger partial charge in [0.15, 0.2) is 11.4 Å². The van der Waals surface area contributed by atoms with Crippen molar-refractivity contribution in [1.29, 1.82) is 0 Å². The zero-order chi connectivity index (χ0) is 11.7. The van der Waals surface area contributed by atoms with Crippen LogP contribution in [0.25, 0.3) is 11.0 Å². The first-order chi connectivity index (χ1) is 8.34. The minimum Gasteiger partial charge on any atom is -0.354 e. The van der Waals surface area contributed by atoms with Crippen LogP contribution in [0.2, 0.25) is 0 Å². The molecule has 0 bridgehead atoms. The third kappa shape index (κ3) is 1.71. The van der Waals surface area contributed by atoms with Gasteiger partial charge in [0.1, 0.15) is 11.2 Å². The number of rotatable bonds is 2. The standard InChI is InChI=1S/C12H8FN3O/c13-9-2-1-3-10-11(9)12(16-17-10)15-8-4-6-14-7-5-8/h1-7H,(H,14,15,16). The fraction of sp³-hybridized carbons (Fsp3) is 0. The average molecular weight is 229 g/mol. The summed E-state index contributed by atoms with van der Waals surface area (Å²) in [5, 5.41) is 7.14. The van der Waals surface area contributed by atoms with Crippen LogP contribution in [-0.4, -0.2) is 10.1 Å².